The highest BCUT2D eigenvalue weighted by Crippen LogP contribution is 2.24. The van der Waals surface area contributed by atoms with Crippen LogP contribution in [0.15, 0.2) is 18.2 Å². The van der Waals surface area contributed by atoms with E-state index in [1.54, 1.807) is 6.07 Å². The number of nitrogens with one attached hydrogen (secondary N) is 1. The van der Waals surface area contributed by atoms with Gasteiger partial charge in [0.05, 0.1) is 13.2 Å². The molecular weight excluding hydrogens is 376 g/mol. The minimum absolute atomic E-state index is 0.138. The predicted octanol–water partition coefficient (Wildman–Crippen LogP) is 3.06. The SMILES string of the molecule is CCc1c(C)c(C(=O)NCCN2CCOCC2)n(Cc2ccc(F)c(F)c2)c1C. The lowest BCUT2D eigenvalue weighted by Crippen LogP contribution is -2.41. The van der Waals surface area contributed by atoms with Crippen LogP contribution in [0.1, 0.15) is 39.8 Å². The standard InChI is InChI=1S/C22H29F2N3O2/c1-4-18-15(2)21(22(28)25-7-8-26-9-11-29-12-10-26)27(16(18)3)14-17-5-6-19(23)20(24)13-17/h5-6,13H,4,7-12,14H2,1-3H3,(H,25,28). The molecule has 29 heavy (non-hydrogen) atoms. The predicted molar refractivity (Wildman–Crippen MR) is 108 cm³/mol. The summed E-state index contributed by atoms with van der Waals surface area (Å²) in [5.74, 6) is -1.89. The molecule has 5 nitrogen and oxygen atoms in total. The fraction of sp³-hybridized carbons (Fsp3) is 0.500. The number of benzene rings is 1. The molecule has 0 unspecified atom stereocenters. The van der Waals surface area contributed by atoms with E-state index in [9.17, 15) is 13.6 Å². The Bertz CT molecular complexity index is 873. The highest BCUT2D eigenvalue weighted by atomic mass is 19.2. The average molecular weight is 405 g/mol. The van der Waals surface area contributed by atoms with Gasteiger partial charge in [-0.1, -0.05) is 13.0 Å². The Morgan fingerprint density at radius 3 is 2.55 bits per heavy atom. The van der Waals surface area contributed by atoms with Crippen molar-refractivity contribution in [2.45, 2.75) is 33.7 Å². The van der Waals surface area contributed by atoms with Gasteiger partial charge in [0, 0.05) is 38.4 Å². The van der Waals surface area contributed by atoms with E-state index in [-0.39, 0.29) is 5.91 Å². The van der Waals surface area contributed by atoms with Crippen molar-refractivity contribution >= 4 is 5.91 Å². The number of halogens is 2. The molecule has 158 valence electrons. The molecule has 7 heteroatoms. The first-order valence-electron chi connectivity index (χ1n) is 10.1. The van der Waals surface area contributed by atoms with Crippen LogP contribution in [0.3, 0.4) is 0 Å². The van der Waals surface area contributed by atoms with Gasteiger partial charge in [-0.05, 0) is 49.1 Å². The van der Waals surface area contributed by atoms with E-state index in [4.69, 9.17) is 4.74 Å². The summed E-state index contributed by atoms with van der Waals surface area (Å²) in [4.78, 5) is 15.3. The Kier molecular flexibility index (Phi) is 7.03. The molecule has 0 aliphatic carbocycles. The second-order valence-corrected chi connectivity index (χ2v) is 7.44. The molecule has 0 radical (unpaired) electrons. The van der Waals surface area contributed by atoms with Crippen molar-refractivity contribution in [3.05, 3.63) is 57.9 Å². The summed E-state index contributed by atoms with van der Waals surface area (Å²) in [5, 5.41) is 3.02. The molecule has 1 aliphatic rings. The number of hydrogen-bond acceptors (Lipinski definition) is 3. The van der Waals surface area contributed by atoms with Gasteiger partial charge in [-0.15, -0.1) is 0 Å². The van der Waals surface area contributed by atoms with Gasteiger partial charge in [-0.2, -0.15) is 0 Å². The van der Waals surface area contributed by atoms with E-state index in [1.807, 2.05) is 18.4 Å². The molecule has 1 amide bonds. The molecule has 3 rings (SSSR count). The molecule has 1 saturated heterocycles. The van der Waals surface area contributed by atoms with E-state index >= 15 is 0 Å². The Labute approximate surface area is 170 Å². The van der Waals surface area contributed by atoms with Gasteiger partial charge in [0.15, 0.2) is 11.6 Å². The minimum Gasteiger partial charge on any atom is -0.379 e. The molecule has 0 spiro atoms. The lowest BCUT2D eigenvalue weighted by atomic mass is 10.1. The van der Waals surface area contributed by atoms with Gasteiger partial charge >= 0.3 is 0 Å². The Balaban J connectivity index is 1.78. The van der Waals surface area contributed by atoms with Gasteiger partial charge in [-0.3, -0.25) is 9.69 Å². The summed E-state index contributed by atoms with van der Waals surface area (Å²) in [5.41, 5.74) is 4.24. The zero-order valence-electron chi connectivity index (χ0n) is 17.4. The summed E-state index contributed by atoms with van der Waals surface area (Å²) in [7, 11) is 0. The molecule has 1 aromatic heterocycles. The van der Waals surface area contributed by atoms with Crippen LogP contribution >= 0.6 is 0 Å². The summed E-state index contributed by atoms with van der Waals surface area (Å²) in [6.45, 7) is 10.8. The third-order valence-corrected chi connectivity index (χ3v) is 5.63. The lowest BCUT2D eigenvalue weighted by Gasteiger charge is -2.26. The molecule has 0 bridgehead atoms. The zero-order valence-corrected chi connectivity index (χ0v) is 17.4. The summed E-state index contributed by atoms with van der Waals surface area (Å²) in [6.07, 6.45) is 0.802. The number of ether oxygens (including phenoxy) is 1. The number of carbonyl (C=O) groups excluding carboxylic acids is 1. The van der Waals surface area contributed by atoms with Crippen LogP contribution in [0.4, 0.5) is 8.78 Å². The highest BCUT2D eigenvalue weighted by Gasteiger charge is 2.22. The smallest absolute Gasteiger partial charge is 0.268 e. The first kappa shape index (κ1) is 21.5. The van der Waals surface area contributed by atoms with Crippen molar-refractivity contribution < 1.29 is 18.3 Å². The summed E-state index contributed by atoms with van der Waals surface area (Å²) < 4.78 is 34.2. The van der Waals surface area contributed by atoms with Gasteiger partial charge in [0.25, 0.3) is 5.91 Å². The van der Waals surface area contributed by atoms with Crippen molar-refractivity contribution in [2.75, 3.05) is 39.4 Å². The van der Waals surface area contributed by atoms with Crippen LogP contribution in [0, 0.1) is 25.5 Å². The average Bonchev–Trinajstić information content (AvgIpc) is 2.94. The monoisotopic (exact) mass is 405 g/mol. The molecule has 2 aromatic rings. The number of nitrogens with zero attached hydrogens (tertiary/aromatic N) is 2. The fourth-order valence-corrected chi connectivity index (χ4v) is 4.02. The number of hydrogen-bond donors (Lipinski definition) is 1. The maximum Gasteiger partial charge on any atom is 0.268 e. The van der Waals surface area contributed by atoms with Crippen LogP contribution in [0.2, 0.25) is 0 Å². The Morgan fingerprint density at radius 1 is 1.17 bits per heavy atom. The second kappa shape index (κ2) is 9.50. The number of amides is 1. The third-order valence-electron chi connectivity index (χ3n) is 5.63. The number of aromatic nitrogens is 1. The minimum atomic E-state index is -0.878. The first-order chi connectivity index (χ1) is 13.9. The van der Waals surface area contributed by atoms with Crippen LogP contribution in [-0.2, 0) is 17.7 Å². The molecule has 0 atom stereocenters. The maximum atomic E-state index is 13.7. The summed E-state index contributed by atoms with van der Waals surface area (Å²) >= 11 is 0. The van der Waals surface area contributed by atoms with Crippen molar-refractivity contribution in [1.82, 2.24) is 14.8 Å². The Hall–Kier alpha value is -2.25. The normalized spacial score (nSPS) is 14.9. The first-order valence-corrected chi connectivity index (χ1v) is 10.1. The fourth-order valence-electron chi connectivity index (χ4n) is 4.02. The topological polar surface area (TPSA) is 46.5 Å². The third kappa shape index (κ3) is 4.85. The molecule has 1 N–H and O–H groups in total. The van der Waals surface area contributed by atoms with Gasteiger partial charge < -0.3 is 14.6 Å². The van der Waals surface area contributed by atoms with E-state index in [0.717, 1.165) is 62.2 Å². The van der Waals surface area contributed by atoms with Crippen molar-refractivity contribution in [3.63, 3.8) is 0 Å². The van der Waals surface area contributed by atoms with Gasteiger partial charge in [0.1, 0.15) is 5.69 Å². The number of carbonyl (C=O) groups is 1. The van der Waals surface area contributed by atoms with E-state index < -0.39 is 11.6 Å². The molecular formula is C22H29F2N3O2. The van der Waals surface area contributed by atoms with Gasteiger partial charge in [0.2, 0.25) is 0 Å². The van der Waals surface area contributed by atoms with Crippen LogP contribution < -0.4 is 5.32 Å². The quantitative estimate of drug-likeness (QED) is 0.770. The van der Waals surface area contributed by atoms with Crippen molar-refractivity contribution in [2.24, 2.45) is 0 Å². The lowest BCUT2D eigenvalue weighted by molar-refractivity contribution is 0.0383. The van der Waals surface area contributed by atoms with Crippen LogP contribution in [0.25, 0.3) is 0 Å². The van der Waals surface area contributed by atoms with E-state index in [1.165, 1.54) is 6.07 Å². The highest BCUT2D eigenvalue weighted by molar-refractivity contribution is 5.95. The van der Waals surface area contributed by atoms with Gasteiger partial charge in [-0.25, -0.2) is 8.78 Å². The van der Waals surface area contributed by atoms with E-state index in [2.05, 4.69) is 17.1 Å². The van der Waals surface area contributed by atoms with E-state index in [0.29, 0.717) is 24.3 Å². The number of morpholine rings is 1. The van der Waals surface area contributed by atoms with Crippen molar-refractivity contribution in [3.8, 4) is 0 Å². The Morgan fingerprint density at radius 2 is 1.90 bits per heavy atom. The molecule has 2 heterocycles. The largest absolute Gasteiger partial charge is 0.379 e. The number of rotatable bonds is 7. The molecule has 1 fully saturated rings. The summed E-state index contributed by atoms with van der Waals surface area (Å²) in [6, 6.07) is 3.87. The second-order valence-electron chi connectivity index (χ2n) is 7.44. The van der Waals surface area contributed by atoms with Crippen LogP contribution in [-0.4, -0.2) is 54.8 Å². The zero-order chi connectivity index (χ0) is 21.0. The molecule has 1 aromatic carbocycles. The molecule has 1 aliphatic heterocycles. The van der Waals surface area contributed by atoms with Crippen molar-refractivity contribution in [1.29, 1.82) is 0 Å². The maximum absolute atomic E-state index is 13.7. The molecule has 0 saturated carbocycles. The van der Waals surface area contributed by atoms with Crippen LogP contribution in [0.5, 0.6) is 0 Å².